The van der Waals surface area contributed by atoms with Crippen molar-refractivity contribution >= 4 is 44.7 Å². The van der Waals surface area contributed by atoms with E-state index >= 15 is 0 Å². The molecule has 0 aliphatic rings. The molecule has 1 atom stereocenters. The SMILES string of the molecule is CC(C)C(C(=O)Nc1c(F)cc(Br)cc1F)C(N)=S. The second-order valence-corrected chi connectivity index (χ2v) is 5.74. The third kappa shape index (κ3) is 3.94. The molecule has 0 saturated carbocycles. The van der Waals surface area contributed by atoms with E-state index in [1.54, 1.807) is 13.8 Å². The standard InChI is InChI=1S/C12H13BrF2N2OS/c1-5(2)9(11(16)19)12(18)17-10-7(14)3-6(13)4-8(10)15/h3-5,9H,1-2H3,(H2,16,19)(H,17,18). The van der Waals surface area contributed by atoms with Gasteiger partial charge >= 0.3 is 0 Å². The van der Waals surface area contributed by atoms with E-state index in [1.165, 1.54) is 0 Å². The Kier molecular flexibility index (Phi) is 5.37. The highest BCUT2D eigenvalue weighted by molar-refractivity contribution is 9.10. The third-order valence-corrected chi connectivity index (χ3v) is 3.22. The lowest BCUT2D eigenvalue weighted by Crippen LogP contribution is -2.37. The minimum atomic E-state index is -0.870. The smallest absolute Gasteiger partial charge is 0.234 e. The molecular formula is C12H13BrF2N2OS. The molecule has 1 aromatic carbocycles. The first-order valence-electron chi connectivity index (χ1n) is 5.48. The molecular weight excluding hydrogens is 338 g/mol. The summed E-state index contributed by atoms with van der Waals surface area (Å²) in [6.45, 7) is 3.50. The van der Waals surface area contributed by atoms with E-state index in [-0.39, 0.29) is 15.4 Å². The van der Waals surface area contributed by atoms with Crippen LogP contribution < -0.4 is 11.1 Å². The predicted octanol–water partition coefficient (Wildman–Crippen LogP) is 3.22. The fourth-order valence-corrected chi connectivity index (χ4v) is 2.40. The number of nitrogens with two attached hydrogens (primary N) is 1. The van der Waals surface area contributed by atoms with Gasteiger partial charge in [0.25, 0.3) is 0 Å². The van der Waals surface area contributed by atoms with Crippen LogP contribution in [0.3, 0.4) is 0 Å². The van der Waals surface area contributed by atoms with Crippen molar-refractivity contribution in [3.8, 4) is 0 Å². The number of carbonyl (C=O) groups is 1. The zero-order valence-electron chi connectivity index (χ0n) is 10.3. The number of anilines is 1. The lowest BCUT2D eigenvalue weighted by atomic mass is 9.95. The quantitative estimate of drug-likeness (QED) is 0.819. The molecule has 3 N–H and O–H groups in total. The molecule has 0 aromatic heterocycles. The average molecular weight is 351 g/mol. The van der Waals surface area contributed by atoms with Crippen LogP contribution in [0.15, 0.2) is 16.6 Å². The molecule has 0 radical (unpaired) electrons. The van der Waals surface area contributed by atoms with Crippen LogP contribution in [0.4, 0.5) is 14.5 Å². The Morgan fingerprint density at radius 2 is 1.84 bits per heavy atom. The van der Waals surface area contributed by atoms with Crippen LogP contribution in [0.2, 0.25) is 0 Å². The predicted molar refractivity (Wildman–Crippen MR) is 77.8 cm³/mol. The number of benzene rings is 1. The van der Waals surface area contributed by atoms with Gasteiger partial charge in [-0.1, -0.05) is 42.0 Å². The summed E-state index contributed by atoms with van der Waals surface area (Å²) in [5.41, 5.74) is 4.96. The van der Waals surface area contributed by atoms with Crippen molar-refractivity contribution in [1.82, 2.24) is 0 Å². The van der Waals surface area contributed by atoms with Crippen molar-refractivity contribution in [2.45, 2.75) is 13.8 Å². The minimum absolute atomic E-state index is 0.00886. The molecule has 1 aromatic rings. The average Bonchev–Trinajstić information content (AvgIpc) is 2.22. The molecule has 104 valence electrons. The lowest BCUT2D eigenvalue weighted by molar-refractivity contribution is -0.118. The van der Waals surface area contributed by atoms with Crippen LogP contribution in [0, 0.1) is 23.5 Å². The maximum atomic E-state index is 13.6. The highest BCUT2D eigenvalue weighted by Gasteiger charge is 2.26. The Morgan fingerprint density at radius 1 is 1.37 bits per heavy atom. The van der Waals surface area contributed by atoms with E-state index < -0.39 is 29.1 Å². The van der Waals surface area contributed by atoms with Gasteiger partial charge in [0.1, 0.15) is 5.69 Å². The van der Waals surface area contributed by atoms with Gasteiger partial charge in [0, 0.05) is 4.47 Å². The first kappa shape index (κ1) is 16.0. The Bertz CT molecular complexity index is 499. The van der Waals surface area contributed by atoms with Crippen molar-refractivity contribution < 1.29 is 13.6 Å². The van der Waals surface area contributed by atoms with Gasteiger partial charge in [0.15, 0.2) is 11.6 Å². The molecule has 0 fully saturated rings. The highest BCUT2D eigenvalue weighted by Crippen LogP contribution is 2.25. The summed E-state index contributed by atoms with van der Waals surface area (Å²) >= 11 is 7.75. The number of halogens is 3. The molecule has 1 amide bonds. The van der Waals surface area contributed by atoms with Crippen LogP contribution in [0.5, 0.6) is 0 Å². The molecule has 0 spiro atoms. The Hall–Kier alpha value is -1.08. The largest absolute Gasteiger partial charge is 0.393 e. The number of amides is 1. The summed E-state index contributed by atoms with van der Waals surface area (Å²) < 4.78 is 27.4. The van der Waals surface area contributed by atoms with Crippen molar-refractivity contribution in [2.24, 2.45) is 17.6 Å². The molecule has 7 heteroatoms. The molecule has 0 aliphatic carbocycles. The molecule has 0 bridgehead atoms. The van der Waals surface area contributed by atoms with Crippen LogP contribution in [0.1, 0.15) is 13.8 Å². The number of nitrogens with one attached hydrogen (secondary N) is 1. The Labute approximate surface area is 123 Å². The van der Waals surface area contributed by atoms with Gasteiger partial charge in [-0.05, 0) is 18.1 Å². The molecule has 19 heavy (non-hydrogen) atoms. The topological polar surface area (TPSA) is 55.1 Å². The normalized spacial score (nSPS) is 12.3. The number of hydrogen-bond acceptors (Lipinski definition) is 2. The van der Waals surface area contributed by atoms with Crippen molar-refractivity contribution in [3.63, 3.8) is 0 Å². The second kappa shape index (κ2) is 6.38. The Balaban J connectivity index is 3.03. The summed E-state index contributed by atoms with van der Waals surface area (Å²) in [5.74, 6) is -3.31. The van der Waals surface area contributed by atoms with E-state index in [9.17, 15) is 13.6 Å². The zero-order chi connectivity index (χ0) is 14.7. The summed E-state index contributed by atoms with van der Waals surface area (Å²) in [4.78, 5) is 12.0. The number of thiocarbonyl (C=S) groups is 1. The molecule has 1 rings (SSSR count). The van der Waals surface area contributed by atoms with E-state index in [0.29, 0.717) is 0 Å². The molecule has 1 unspecified atom stereocenters. The van der Waals surface area contributed by atoms with Gasteiger partial charge in [-0.3, -0.25) is 4.79 Å². The van der Waals surface area contributed by atoms with Crippen LogP contribution in [-0.4, -0.2) is 10.9 Å². The van der Waals surface area contributed by atoms with Crippen LogP contribution in [0.25, 0.3) is 0 Å². The van der Waals surface area contributed by atoms with E-state index in [1.807, 2.05) is 0 Å². The number of rotatable bonds is 4. The second-order valence-electron chi connectivity index (χ2n) is 4.36. The first-order valence-corrected chi connectivity index (χ1v) is 6.69. The molecule has 0 aliphatic heterocycles. The van der Waals surface area contributed by atoms with Gasteiger partial charge in [0.2, 0.25) is 5.91 Å². The van der Waals surface area contributed by atoms with Gasteiger partial charge in [0.05, 0.1) is 10.9 Å². The molecule has 0 saturated heterocycles. The summed E-state index contributed by atoms with van der Waals surface area (Å²) in [6, 6.07) is 2.12. The number of hydrogen-bond donors (Lipinski definition) is 2. The summed E-state index contributed by atoms with van der Waals surface area (Å²) in [6.07, 6.45) is 0. The first-order chi connectivity index (χ1) is 8.73. The monoisotopic (exact) mass is 350 g/mol. The fourth-order valence-electron chi connectivity index (χ4n) is 1.62. The maximum Gasteiger partial charge on any atom is 0.234 e. The van der Waals surface area contributed by atoms with E-state index in [4.69, 9.17) is 18.0 Å². The van der Waals surface area contributed by atoms with E-state index in [0.717, 1.165) is 12.1 Å². The number of carbonyl (C=O) groups excluding carboxylic acids is 1. The lowest BCUT2D eigenvalue weighted by Gasteiger charge is -2.19. The van der Waals surface area contributed by atoms with Crippen LogP contribution >= 0.6 is 28.1 Å². The van der Waals surface area contributed by atoms with E-state index in [2.05, 4.69) is 21.2 Å². The highest BCUT2D eigenvalue weighted by atomic mass is 79.9. The van der Waals surface area contributed by atoms with Gasteiger partial charge in [-0.2, -0.15) is 0 Å². The summed E-state index contributed by atoms with van der Waals surface area (Å²) in [5, 5.41) is 2.19. The van der Waals surface area contributed by atoms with Crippen LogP contribution in [-0.2, 0) is 4.79 Å². The maximum absolute atomic E-state index is 13.6. The van der Waals surface area contributed by atoms with Crippen molar-refractivity contribution in [1.29, 1.82) is 0 Å². The minimum Gasteiger partial charge on any atom is -0.393 e. The third-order valence-electron chi connectivity index (χ3n) is 2.51. The zero-order valence-corrected chi connectivity index (χ0v) is 12.7. The van der Waals surface area contributed by atoms with Gasteiger partial charge < -0.3 is 11.1 Å². The van der Waals surface area contributed by atoms with Crippen molar-refractivity contribution in [3.05, 3.63) is 28.2 Å². The van der Waals surface area contributed by atoms with Crippen molar-refractivity contribution in [2.75, 3.05) is 5.32 Å². The van der Waals surface area contributed by atoms with Gasteiger partial charge in [-0.15, -0.1) is 0 Å². The summed E-state index contributed by atoms with van der Waals surface area (Å²) in [7, 11) is 0. The molecule has 0 heterocycles. The Morgan fingerprint density at radius 3 is 2.21 bits per heavy atom. The fraction of sp³-hybridized carbons (Fsp3) is 0.333. The molecule has 3 nitrogen and oxygen atoms in total. The van der Waals surface area contributed by atoms with Gasteiger partial charge in [-0.25, -0.2) is 8.78 Å².